The van der Waals surface area contributed by atoms with E-state index in [4.69, 9.17) is 9.15 Å². The zero-order valence-electron chi connectivity index (χ0n) is 19.1. The first kappa shape index (κ1) is 22.3. The Morgan fingerprint density at radius 1 is 0.879 bits per heavy atom. The molecule has 0 bridgehead atoms. The van der Waals surface area contributed by atoms with Crippen LogP contribution in [0.3, 0.4) is 0 Å². The fourth-order valence-electron chi connectivity index (χ4n) is 3.61. The van der Waals surface area contributed by atoms with Gasteiger partial charge in [-0.15, -0.1) is 0 Å². The predicted octanol–water partition coefficient (Wildman–Crippen LogP) is 6.43. The molecule has 1 heterocycles. The van der Waals surface area contributed by atoms with Gasteiger partial charge in [-0.05, 0) is 87.2 Å². The van der Waals surface area contributed by atoms with E-state index in [-0.39, 0.29) is 5.91 Å². The summed E-state index contributed by atoms with van der Waals surface area (Å²) in [6.45, 7) is 5.45. The third kappa shape index (κ3) is 5.69. The Kier molecular flexibility index (Phi) is 6.31. The maximum absolute atomic E-state index is 12.8. The van der Waals surface area contributed by atoms with Gasteiger partial charge in [0, 0.05) is 10.9 Å². The highest BCUT2D eigenvalue weighted by molar-refractivity contribution is 6.08. The molecule has 0 saturated carbocycles. The van der Waals surface area contributed by atoms with Gasteiger partial charge >= 0.3 is 5.97 Å². The van der Waals surface area contributed by atoms with E-state index in [1.54, 1.807) is 36.6 Å². The Hall–Kier alpha value is -3.86. The van der Waals surface area contributed by atoms with Crippen LogP contribution in [-0.4, -0.2) is 17.5 Å². The van der Waals surface area contributed by atoms with Crippen LogP contribution >= 0.6 is 0 Å². The van der Waals surface area contributed by atoms with Crippen molar-refractivity contribution in [1.82, 2.24) is 0 Å². The summed E-state index contributed by atoms with van der Waals surface area (Å²) in [5.41, 5.74) is 3.73. The number of amides is 1. The Labute approximate surface area is 193 Å². The molecule has 0 fully saturated rings. The summed E-state index contributed by atoms with van der Waals surface area (Å²) in [7, 11) is 0. The number of hydrogen-bond donors (Lipinski definition) is 1. The molecule has 168 valence electrons. The highest BCUT2D eigenvalue weighted by Crippen LogP contribution is 2.24. The van der Waals surface area contributed by atoms with Gasteiger partial charge in [0.25, 0.3) is 5.91 Å². The van der Waals surface area contributed by atoms with Gasteiger partial charge in [0.05, 0.1) is 17.5 Å². The van der Waals surface area contributed by atoms with Crippen molar-refractivity contribution in [2.45, 2.75) is 39.2 Å². The van der Waals surface area contributed by atoms with E-state index in [0.717, 1.165) is 29.4 Å². The summed E-state index contributed by atoms with van der Waals surface area (Å²) >= 11 is 0. The molecular weight excluding hydrogens is 414 g/mol. The minimum Gasteiger partial charge on any atom is -0.464 e. The molecule has 0 saturated heterocycles. The third-order valence-corrected chi connectivity index (χ3v) is 5.21. The third-order valence-electron chi connectivity index (χ3n) is 5.21. The van der Waals surface area contributed by atoms with Crippen molar-refractivity contribution in [2.24, 2.45) is 0 Å². The van der Waals surface area contributed by atoms with Gasteiger partial charge < -0.3 is 14.5 Å². The molecule has 1 amide bonds. The molecule has 4 aromatic rings. The number of fused-ring (bicyclic) bond motifs is 1. The number of furan rings is 1. The van der Waals surface area contributed by atoms with Gasteiger partial charge in [-0.25, -0.2) is 4.79 Å². The van der Waals surface area contributed by atoms with Crippen molar-refractivity contribution >= 4 is 28.5 Å². The van der Waals surface area contributed by atoms with E-state index < -0.39 is 11.6 Å². The predicted molar refractivity (Wildman–Crippen MR) is 130 cm³/mol. The van der Waals surface area contributed by atoms with Crippen LogP contribution in [0.2, 0.25) is 0 Å². The number of carbonyl (C=O) groups is 2. The summed E-state index contributed by atoms with van der Waals surface area (Å²) in [4.78, 5) is 25.6. The first-order chi connectivity index (χ1) is 15.8. The standard InChI is InChI=1S/C28H27NO4/c1-28(2,3)33-27(31)23-13-11-20(10-9-19-12-14-25-22(17-19)15-16-32-25)18-24(23)29-26(30)21-7-5-4-6-8-21/h4-8,11-18H,9-10H2,1-3H3,(H,29,30). The number of esters is 1. The molecule has 0 radical (unpaired) electrons. The van der Waals surface area contributed by atoms with Crippen LogP contribution in [-0.2, 0) is 17.6 Å². The summed E-state index contributed by atoms with van der Waals surface area (Å²) in [5.74, 6) is -0.745. The number of anilines is 1. The molecule has 3 aromatic carbocycles. The van der Waals surface area contributed by atoms with Crippen molar-refractivity contribution < 1.29 is 18.7 Å². The molecule has 5 nitrogen and oxygen atoms in total. The van der Waals surface area contributed by atoms with Crippen molar-refractivity contribution in [3.63, 3.8) is 0 Å². The molecule has 0 aliphatic carbocycles. The van der Waals surface area contributed by atoms with E-state index in [9.17, 15) is 9.59 Å². The maximum Gasteiger partial charge on any atom is 0.340 e. The van der Waals surface area contributed by atoms with E-state index >= 15 is 0 Å². The maximum atomic E-state index is 12.8. The van der Waals surface area contributed by atoms with E-state index in [0.29, 0.717) is 16.8 Å². The Balaban J connectivity index is 1.58. The second-order valence-corrected chi connectivity index (χ2v) is 8.99. The van der Waals surface area contributed by atoms with Gasteiger partial charge in [0.1, 0.15) is 11.2 Å². The average molecular weight is 442 g/mol. The molecule has 5 heteroatoms. The van der Waals surface area contributed by atoms with Crippen molar-refractivity contribution in [3.05, 3.63) is 101 Å². The van der Waals surface area contributed by atoms with Crippen LogP contribution in [0.15, 0.2) is 83.5 Å². The summed E-state index contributed by atoms with van der Waals surface area (Å²) in [6, 6.07) is 22.5. The number of ether oxygens (including phenoxy) is 1. The number of aryl methyl sites for hydroxylation is 2. The smallest absolute Gasteiger partial charge is 0.340 e. The van der Waals surface area contributed by atoms with Crippen LogP contribution in [0.1, 0.15) is 52.6 Å². The molecule has 0 aliphatic rings. The summed E-state index contributed by atoms with van der Waals surface area (Å²) < 4.78 is 11.0. The minimum absolute atomic E-state index is 0.275. The highest BCUT2D eigenvalue weighted by Gasteiger charge is 2.22. The van der Waals surface area contributed by atoms with Crippen molar-refractivity contribution in [1.29, 1.82) is 0 Å². The van der Waals surface area contributed by atoms with Crippen molar-refractivity contribution in [2.75, 3.05) is 5.32 Å². The molecular formula is C28H27NO4. The molecule has 0 spiro atoms. The molecule has 0 aliphatic heterocycles. The second kappa shape index (κ2) is 9.33. The lowest BCUT2D eigenvalue weighted by Crippen LogP contribution is -2.25. The molecule has 4 rings (SSSR count). The zero-order valence-corrected chi connectivity index (χ0v) is 19.1. The quantitative estimate of drug-likeness (QED) is 0.350. The molecule has 33 heavy (non-hydrogen) atoms. The van der Waals surface area contributed by atoms with Gasteiger partial charge in [0.15, 0.2) is 0 Å². The first-order valence-electron chi connectivity index (χ1n) is 11.0. The normalized spacial score (nSPS) is 11.4. The van der Waals surface area contributed by atoms with Crippen LogP contribution in [0.4, 0.5) is 5.69 Å². The van der Waals surface area contributed by atoms with Crippen LogP contribution in [0, 0.1) is 0 Å². The average Bonchev–Trinajstić information content (AvgIpc) is 3.25. The summed E-state index contributed by atoms with van der Waals surface area (Å²) in [5, 5.41) is 3.97. The number of rotatable bonds is 6. The zero-order chi connectivity index (χ0) is 23.4. The van der Waals surface area contributed by atoms with Gasteiger partial charge in [0.2, 0.25) is 0 Å². The number of benzene rings is 3. The summed E-state index contributed by atoms with van der Waals surface area (Å²) in [6.07, 6.45) is 3.26. The van der Waals surface area contributed by atoms with E-state index in [1.807, 2.05) is 51.1 Å². The Bertz CT molecular complexity index is 1280. The van der Waals surface area contributed by atoms with Crippen LogP contribution in [0.25, 0.3) is 11.0 Å². The molecule has 1 aromatic heterocycles. The topological polar surface area (TPSA) is 68.5 Å². The Morgan fingerprint density at radius 2 is 1.58 bits per heavy atom. The van der Waals surface area contributed by atoms with Crippen LogP contribution < -0.4 is 5.32 Å². The fraction of sp³-hybridized carbons (Fsp3) is 0.214. The van der Waals surface area contributed by atoms with Crippen LogP contribution in [0.5, 0.6) is 0 Å². The minimum atomic E-state index is -0.637. The largest absolute Gasteiger partial charge is 0.464 e. The molecule has 0 atom stereocenters. The molecule has 0 unspecified atom stereocenters. The SMILES string of the molecule is CC(C)(C)OC(=O)c1ccc(CCc2ccc3occc3c2)cc1NC(=O)c1ccccc1. The first-order valence-corrected chi connectivity index (χ1v) is 11.0. The lowest BCUT2D eigenvalue weighted by molar-refractivity contribution is 0.00707. The molecule has 1 N–H and O–H groups in total. The van der Waals surface area contributed by atoms with Gasteiger partial charge in [-0.3, -0.25) is 4.79 Å². The lowest BCUT2D eigenvalue weighted by atomic mass is 10.0. The van der Waals surface area contributed by atoms with Gasteiger partial charge in [-0.2, -0.15) is 0 Å². The fourth-order valence-corrected chi connectivity index (χ4v) is 3.61. The van der Waals surface area contributed by atoms with E-state index in [2.05, 4.69) is 17.4 Å². The van der Waals surface area contributed by atoms with E-state index in [1.165, 1.54) is 5.56 Å². The number of carbonyl (C=O) groups excluding carboxylic acids is 2. The second-order valence-electron chi connectivity index (χ2n) is 8.99. The number of nitrogens with one attached hydrogen (secondary N) is 1. The number of hydrogen-bond acceptors (Lipinski definition) is 4. The lowest BCUT2D eigenvalue weighted by Gasteiger charge is -2.21. The highest BCUT2D eigenvalue weighted by atomic mass is 16.6. The van der Waals surface area contributed by atoms with Gasteiger partial charge in [-0.1, -0.05) is 30.3 Å². The monoisotopic (exact) mass is 441 g/mol. The van der Waals surface area contributed by atoms with Crippen molar-refractivity contribution in [3.8, 4) is 0 Å². The Morgan fingerprint density at radius 3 is 2.30 bits per heavy atom.